The zero-order chi connectivity index (χ0) is 13.3. The first-order chi connectivity index (χ1) is 7.93. The molecule has 0 aliphatic heterocycles. The lowest BCUT2D eigenvalue weighted by Crippen LogP contribution is -2.35. The Bertz CT molecular complexity index is 284. The highest BCUT2D eigenvalue weighted by atomic mass is 16.1. The summed E-state index contributed by atoms with van der Waals surface area (Å²) in [6.07, 6.45) is 0.821. The van der Waals surface area contributed by atoms with Gasteiger partial charge < -0.3 is 16.4 Å². The molecular weight excluding hydrogens is 216 g/mol. The molecule has 0 rings (SSSR count). The summed E-state index contributed by atoms with van der Waals surface area (Å²) in [5, 5.41) is 5.81. The van der Waals surface area contributed by atoms with E-state index in [0.717, 1.165) is 12.0 Å². The molecule has 0 aromatic rings. The van der Waals surface area contributed by atoms with Crippen molar-refractivity contribution in [2.45, 2.75) is 27.2 Å². The number of rotatable bonds is 7. The van der Waals surface area contributed by atoms with E-state index in [4.69, 9.17) is 5.73 Å². The highest BCUT2D eigenvalue weighted by molar-refractivity contribution is 5.78. The summed E-state index contributed by atoms with van der Waals surface area (Å²) in [5.41, 5.74) is 6.59. The molecule has 17 heavy (non-hydrogen) atoms. The predicted molar refractivity (Wildman–Crippen MR) is 71.8 cm³/mol. The van der Waals surface area contributed by atoms with Crippen LogP contribution in [0.5, 0.6) is 0 Å². The minimum absolute atomic E-state index is 0.0326. The molecule has 0 aromatic heterocycles. The van der Waals surface area contributed by atoms with Crippen molar-refractivity contribution in [2.24, 2.45) is 16.6 Å². The molecule has 0 saturated carbocycles. The topological polar surface area (TPSA) is 79.5 Å². The van der Waals surface area contributed by atoms with E-state index >= 15 is 0 Å². The SMILES string of the molecule is C=C(C)CN=C(N)NCCCNC(=O)C(C)C. The zero-order valence-electron chi connectivity index (χ0n) is 11.0. The summed E-state index contributed by atoms with van der Waals surface area (Å²) >= 11 is 0. The third kappa shape index (κ3) is 9.41. The normalized spacial score (nSPS) is 11.4. The molecule has 0 radical (unpaired) electrons. The lowest BCUT2D eigenvalue weighted by Gasteiger charge is -2.08. The third-order valence-electron chi connectivity index (χ3n) is 2.00. The Balaban J connectivity index is 3.55. The lowest BCUT2D eigenvalue weighted by atomic mass is 10.2. The molecule has 0 unspecified atom stereocenters. The highest BCUT2D eigenvalue weighted by Crippen LogP contribution is 1.90. The van der Waals surface area contributed by atoms with Crippen LogP contribution in [-0.4, -0.2) is 31.5 Å². The Labute approximate surface area is 104 Å². The van der Waals surface area contributed by atoms with E-state index in [0.29, 0.717) is 25.6 Å². The summed E-state index contributed by atoms with van der Waals surface area (Å²) in [6, 6.07) is 0. The van der Waals surface area contributed by atoms with E-state index in [-0.39, 0.29) is 11.8 Å². The maximum Gasteiger partial charge on any atom is 0.222 e. The van der Waals surface area contributed by atoms with Crippen molar-refractivity contribution in [1.29, 1.82) is 0 Å². The fourth-order valence-electron chi connectivity index (χ4n) is 0.997. The Morgan fingerprint density at radius 3 is 2.47 bits per heavy atom. The van der Waals surface area contributed by atoms with Crippen LogP contribution in [0.25, 0.3) is 0 Å². The van der Waals surface area contributed by atoms with Gasteiger partial charge in [0.1, 0.15) is 0 Å². The average molecular weight is 240 g/mol. The fraction of sp³-hybridized carbons (Fsp3) is 0.667. The van der Waals surface area contributed by atoms with Gasteiger partial charge in [0.15, 0.2) is 5.96 Å². The summed E-state index contributed by atoms with van der Waals surface area (Å²) in [5.74, 6) is 0.530. The van der Waals surface area contributed by atoms with Crippen molar-refractivity contribution in [2.75, 3.05) is 19.6 Å². The number of amides is 1. The van der Waals surface area contributed by atoms with Crippen LogP contribution in [0.3, 0.4) is 0 Å². The van der Waals surface area contributed by atoms with Crippen LogP contribution < -0.4 is 16.4 Å². The molecule has 0 bridgehead atoms. The number of nitrogens with one attached hydrogen (secondary N) is 2. The van der Waals surface area contributed by atoms with Crippen LogP contribution in [0.4, 0.5) is 0 Å². The monoisotopic (exact) mass is 240 g/mol. The number of aliphatic imine (C=N–C) groups is 1. The summed E-state index contributed by atoms with van der Waals surface area (Å²) in [4.78, 5) is 15.3. The Morgan fingerprint density at radius 1 is 1.35 bits per heavy atom. The number of carbonyl (C=O) groups is 1. The second kappa shape index (κ2) is 8.61. The summed E-state index contributed by atoms with van der Waals surface area (Å²) in [7, 11) is 0. The fourth-order valence-corrected chi connectivity index (χ4v) is 0.997. The van der Waals surface area contributed by atoms with E-state index < -0.39 is 0 Å². The number of hydrogen-bond donors (Lipinski definition) is 3. The molecule has 5 heteroatoms. The molecule has 0 aliphatic carbocycles. The van der Waals surface area contributed by atoms with Crippen molar-refractivity contribution in [3.63, 3.8) is 0 Å². The minimum Gasteiger partial charge on any atom is -0.370 e. The molecule has 0 fully saturated rings. The van der Waals surface area contributed by atoms with Gasteiger partial charge in [-0.3, -0.25) is 4.79 Å². The van der Waals surface area contributed by atoms with E-state index in [1.165, 1.54) is 0 Å². The van der Waals surface area contributed by atoms with Gasteiger partial charge in [-0.25, -0.2) is 4.99 Å². The highest BCUT2D eigenvalue weighted by Gasteiger charge is 2.04. The van der Waals surface area contributed by atoms with E-state index in [1.807, 2.05) is 20.8 Å². The van der Waals surface area contributed by atoms with Gasteiger partial charge in [-0.2, -0.15) is 0 Å². The molecule has 4 N–H and O–H groups in total. The van der Waals surface area contributed by atoms with Crippen molar-refractivity contribution >= 4 is 11.9 Å². The van der Waals surface area contributed by atoms with Crippen LogP contribution in [0, 0.1) is 5.92 Å². The standard InChI is InChI=1S/C12H24N4O/c1-9(2)8-16-12(13)15-7-5-6-14-11(17)10(3)4/h10H,1,5-8H2,2-4H3,(H,14,17)(H3,13,15,16). The average Bonchev–Trinajstić information content (AvgIpc) is 2.25. The maximum absolute atomic E-state index is 11.2. The summed E-state index contributed by atoms with van der Waals surface area (Å²) in [6.45, 7) is 11.3. The van der Waals surface area contributed by atoms with Gasteiger partial charge in [0.05, 0.1) is 6.54 Å². The van der Waals surface area contributed by atoms with Crippen molar-refractivity contribution < 1.29 is 4.79 Å². The van der Waals surface area contributed by atoms with Gasteiger partial charge >= 0.3 is 0 Å². The molecular formula is C12H24N4O. The Morgan fingerprint density at radius 2 is 1.94 bits per heavy atom. The zero-order valence-corrected chi connectivity index (χ0v) is 11.0. The van der Waals surface area contributed by atoms with Gasteiger partial charge in [0.25, 0.3) is 0 Å². The first-order valence-corrected chi connectivity index (χ1v) is 5.89. The predicted octanol–water partition coefficient (Wildman–Crippen LogP) is 0.629. The number of guanidine groups is 1. The van der Waals surface area contributed by atoms with E-state index in [1.54, 1.807) is 0 Å². The van der Waals surface area contributed by atoms with Crippen LogP contribution in [-0.2, 0) is 4.79 Å². The molecule has 0 spiro atoms. The van der Waals surface area contributed by atoms with Gasteiger partial charge in [-0.1, -0.05) is 26.0 Å². The van der Waals surface area contributed by atoms with Crippen LogP contribution in [0.15, 0.2) is 17.1 Å². The minimum atomic E-state index is 0.0326. The van der Waals surface area contributed by atoms with E-state index in [9.17, 15) is 4.79 Å². The van der Waals surface area contributed by atoms with Crippen molar-refractivity contribution in [1.82, 2.24) is 10.6 Å². The molecule has 0 atom stereocenters. The Kier molecular flexibility index (Phi) is 7.84. The largest absolute Gasteiger partial charge is 0.370 e. The first-order valence-electron chi connectivity index (χ1n) is 5.89. The van der Waals surface area contributed by atoms with Crippen LogP contribution in [0.2, 0.25) is 0 Å². The number of carbonyl (C=O) groups excluding carboxylic acids is 1. The molecule has 98 valence electrons. The lowest BCUT2D eigenvalue weighted by molar-refractivity contribution is -0.123. The van der Waals surface area contributed by atoms with Gasteiger partial charge in [0, 0.05) is 19.0 Å². The van der Waals surface area contributed by atoms with Crippen LogP contribution >= 0.6 is 0 Å². The third-order valence-corrected chi connectivity index (χ3v) is 2.00. The first kappa shape index (κ1) is 15.5. The van der Waals surface area contributed by atoms with Crippen molar-refractivity contribution in [3.05, 3.63) is 12.2 Å². The number of nitrogens with two attached hydrogens (primary N) is 1. The Hall–Kier alpha value is -1.52. The summed E-state index contributed by atoms with van der Waals surface area (Å²) < 4.78 is 0. The van der Waals surface area contributed by atoms with Gasteiger partial charge in [0.2, 0.25) is 5.91 Å². The second-order valence-electron chi connectivity index (χ2n) is 4.38. The molecule has 1 amide bonds. The quantitative estimate of drug-likeness (QED) is 0.264. The van der Waals surface area contributed by atoms with E-state index in [2.05, 4.69) is 22.2 Å². The molecule has 0 aliphatic rings. The van der Waals surface area contributed by atoms with Gasteiger partial charge in [-0.05, 0) is 13.3 Å². The second-order valence-corrected chi connectivity index (χ2v) is 4.38. The molecule has 0 heterocycles. The molecule has 0 saturated heterocycles. The number of nitrogens with zero attached hydrogens (tertiary/aromatic N) is 1. The molecule has 0 aromatic carbocycles. The number of hydrogen-bond acceptors (Lipinski definition) is 2. The van der Waals surface area contributed by atoms with Gasteiger partial charge in [-0.15, -0.1) is 0 Å². The van der Waals surface area contributed by atoms with Crippen LogP contribution in [0.1, 0.15) is 27.2 Å². The maximum atomic E-state index is 11.2. The molecule has 5 nitrogen and oxygen atoms in total. The van der Waals surface area contributed by atoms with Crippen molar-refractivity contribution in [3.8, 4) is 0 Å². The smallest absolute Gasteiger partial charge is 0.222 e.